The van der Waals surface area contributed by atoms with Crippen molar-refractivity contribution in [2.45, 2.75) is 53.4 Å². The number of rotatable bonds is 7. The number of nitrogens with one attached hydrogen (secondary N) is 1. The molecule has 88 valence electrons. The van der Waals surface area contributed by atoms with Gasteiger partial charge in [0, 0.05) is 12.3 Å². The van der Waals surface area contributed by atoms with Gasteiger partial charge in [0.15, 0.2) is 0 Å². The van der Waals surface area contributed by atoms with Crippen LogP contribution in [-0.4, -0.2) is 13.1 Å². The van der Waals surface area contributed by atoms with Crippen molar-refractivity contribution in [2.75, 3.05) is 13.1 Å². The van der Waals surface area contributed by atoms with Crippen molar-refractivity contribution in [1.29, 1.82) is 0 Å². The van der Waals surface area contributed by atoms with Gasteiger partial charge in [-0.3, -0.25) is 0 Å². The maximum absolute atomic E-state index is 3.46. The smallest absolute Gasteiger partial charge is 0.0146 e. The second kappa shape index (κ2) is 10.1. The Balaban J connectivity index is 3.10. The van der Waals surface area contributed by atoms with Crippen LogP contribution in [0.2, 0.25) is 0 Å². The SMILES string of the molecule is CC(C)C#CCCCCCNCC(C)C. The highest BCUT2D eigenvalue weighted by molar-refractivity contribution is 5.00. The molecule has 0 heterocycles. The van der Waals surface area contributed by atoms with Crippen LogP contribution in [0.4, 0.5) is 0 Å². The van der Waals surface area contributed by atoms with Crippen LogP contribution >= 0.6 is 0 Å². The molecule has 0 aromatic heterocycles. The highest BCUT2D eigenvalue weighted by Gasteiger charge is 1.92. The van der Waals surface area contributed by atoms with Gasteiger partial charge in [-0.05, 0) is 31.8 Å². The molecule has 0 aromatic carbocycles. The van der Waals surface area contributed by atoms with Crippen LogP contribution in [0.5, 0.6) is 0 Å². The van der Waals surface area contributed by atoms with E-state index < -0.39 is 0 Å². The van der Waals surface area contributed by atoms with E-state index in [9.17, 15) is 0 Å². The summed E-state index contributed by atoms with van der Waals surface area (Å²) >= 11 is 0. The van der Waals surface area contributed by atoms with Gasteiger partial charge in [0.1, 0.15) is 0 Å². The molecule has 1 nitrogen and oxygen atoms in total. The Labute approximate surface area is 96.0 Å². The Kier molecular flexibility index (Phi) is 9.73. The Hall–Kier alpha value is -0.480. The van der Waals surface area contributed by atoms with Gasteiger partial charge in [-0.15, -0.1) is 11.8 Å². The molecule has 0 rings (SSSR count). The van der Waals surface area contributed by atoms with Crippen LogP contribution in [-0.2, 0) is 0 Å². The van der Waals surface area contributed by atoms with Crippen molar-refractivity contribution in [2.24, 2.45) is 11.8 Å². The minimum absolute atomic E-state index is 0.526. The summed E-state index contributed by atoms with van der Waals surface area (Å²) in [5.41, 5.74) is 0. The normalized spacial score (nSPS) is 10.5. The molecule has 0 atom stereocenters. The predicted octanol–water partition coefficient (Wildman–Crippen LogP) is 3.45. The highest BCUT2D eigenvalue weighted by atomic mass is 14.8. The molecule has 0 aliphatic carbocycles. The third-order valence-corrected chi connectivity index (χ3v) is 2.10. The maximum atomic E-state index is 3.46. The zero-order chi connectivity index (χ0) is 11.5. The summed E-state index contributed by atoms with van der Waals surface area (Å²) in [7, 11) is 0. The summed E-state index contributed by atoms with van der Waals surface area (Å²) < 4.78 is 0. The predicted molar refractivity (Wildman–Crippen MR) is 68.8 cm³/mol. The van der Waals surface area contributed by atoms with Gasteiger partial charge in [0.25, 0.3) is 0 Å². The molecule has 0 aromatic rings. The van der Waals surface area contributed by atoms with Gasteiger partial charge < -0.3 is 5.32 Å². The van der Waals surface area contributed by atoms with E-state index in [0.29, 0.717) is 5.92 Å². The monoisotopic (exact) mass is 209 g/mol. The Morgan fingerprint density at radius 1 is 1.00 bits per heavy atom. The highest BCUT2D eigenvalue weighted by Crippen LogP contribution is 1.98. The van der Waals surface area contributed by atoms with E-state index >= 15 is 0 Å². The van der Waals surface area contributed by atoms with E-state index in [2.05, 4.69) is 44.9 Å². The second-order valence-corrected chi connectivity index (χ2v) is 4.88. The molecule has 0 spiro atoms. The summed E-state index contributed by atoms with van der Waals surface area (Å²) in [6.07, 6.45) is 4.92. The lowest BCUT2D eigenvalue weighted by Crippen LogP contribution is -2.20. The first-order chi connectivity index (χ1) is 7.13. The Morgan fingerprint density at radius 2 is 1.73 bits per heavy atom. The van der Waals surface area contributed by atoms with Crippen LogP contribution in [0, 0.1) is 23.7 Å². The van der Waals surface area contributed by atoms with E-state index in [0.717, 1.165) is 25.4 Å². The zero-order valence-electron chi connectivity index (χ0n) is 10.9. The van der Waals surface area contributed by atoms with Crippen molar-refractivity contribution < 1.29 is 0 Å². The third kappa shape index (κ3) is 13.5. The third-order valence-electron chi connectivity index (χ3n) is 2.10. The first-order valence-electron chi connectivity index (χ1n) is 6.32. The minimum atomic E-state index is 0.526. The van der Waals surface area contributed by atoms with Crippen LogP contribution in [0.15, 0.2) is 0 Å². The summed E-state index contributed by atoms with van der Waals surface area (Å²) in [5.74, 6) is 7.71. The molecule has 0 saturated heterocycles. The Morgan fingerprint density at radius 3 is 2.33 bits per heavy atom. The van der Waals surface area contributed by atoms with Gasteiger partial charge in [-0.1, -0.05) is 34.1 Å². The van der Waals surface area contributed by atoms with E-state index in [1.807, 2.05) is 0 Å². The first kappa shape index (κ1) is 14.5. The summed E-state index contributed by atoms with van der Waals surface area (Å²) in [4.78, 5) is 0. The van der Waals surface area contributed by atoms with Crippen molar-refractivity contribution >= 4 is 0 Å². The van der Waals surface area contributed by atoms with E-state index in [-0.39, 0.29) is 0 Å². The van der Waals surface area contributed by atoms with Crippen molar-refractivity contribution in [3.05, 3.63) is 0 Å². The van der Waals surface area contributed by atoms with E-state index in [1.165, 1.54) is 19.3 Å². The van der Waals surface area contributed by atoms with Gasteiger partial charge in [0.2, 0.25) is 0 Å². The summed E-state index contributed by atoms with van der Waals surface area (Å²) in [5, 5.41) is 3.46. The zero-order valence-corrected chi connectivity index (χ0v) is 10.9. The van der Waals surface area contributed by atoms with E-state index in [4.69, 9.17) is 0 Å². The molecule has 1 N–H and O–H groups in total. The lowest BCUT2D eigenvalue weighted by Gasteiger charge is -2.06. The average molecular weight is 209 g/mol. The lowest BCUT2D eigenvalue weighted by atomic mass is 10.1. The molecule has 15 heavy (non-hydrogen) atoms. The summed E-state index contributed by atoms with van der Waals surface area (Å²) in [6.45, 7) is 11.1. The fourth-order valence-electron chi connectivity index (χ4n) is 1.31. The van der Waals surface area contributed by atoms with Gasteiger partial charge in [-0.25, -0.2) is 0 Å². The van der Waals surface area contributed by atoms with Gasteiger partial charge in [-0.2, -0.15) is 0 Å². The lowest BCUT2D eigenvalue weighted by molar-refractivity contribution is 0.531. The topological polar surface area (TPSA) is 12.0 Å². The van der Waals surface area contributed by atoms with Gasteiger partial charge >= 0.3 is 0 Å². The molecule has 0 amide bonds. The second-order valence-electron chi connectivity index (χ2n) is 4.88. The van der Waals surface area contributed by atoms with Gasteiger partial charge in [0.05, 0.1) is 0 Å². The Bertz CT molecular complexity index is 183. The van der Waals surface area contributed by atoms with Crippen LogP contribution < -0.4 is 5.32 Å². The minimum Gasteiger partial charge on any atom is -0.316 e. The summed E-state index contributed by atoms with van der Waals surface area (Å²) in [6, 6.07) is 0. The molecule has 1 heteroatoms. The van der Waals surface area contributed by atoms with Crippen molar-refractivity contribution in [3.63, 3.8) is 0 Å². The number of unbranched alkanes of at least 4 members (excludes halogenated alkanes) is 3. The molecule has 0 bridgehead atoms. The van der Waals surface area contributed by atoms with Crippen LogP contribution in [0.3, 0.4) is 0 Å². The maximum Gasteiger partial charge on any atom is 0.0146 e. The van der Waals surface area contributed by atoms with Crippen molar-refractivity contribution in [3.8, 4) is 11.8 Å². The number of hydrogen-bond donors (Lipinski definition) is 1. The van der Waals surface area contributed by atoms with Crippen LogP contribution in [0.25, 0.3) is 0 Å². The molecule has 0 unspecified atom stereocenters. The molecule has 0 aliphatic heterocycles. The van der Waals surface area contributed by atoms with Crippen molar-refractivity contribution in [1.82, 2.24) is 5.32 Å². The molecular formula is C14H27N. The fourth-order valence-corrected chi connectivity index (χ4v) is 1.31. The molecule has 0 saturated carbocycles. The molecular weight excluding hydrogens is 182 g/mol. The average Bonchev–Trinajstić information content (AvgIpc) is 2.14. The molecule has 0 radical (unpaired) electrons. The fraction of sp³-hybridized carbons (Fsp3) is 0.857. The molecule has 0 fully saturated rings. The largest absolute Gasteiger partial charge is 0.316 e. The molecule has 0 aliphatic rings. The first-order valence-corrected chi connectivity index (χ1v) is 6.32. The number of hydrogen-bond acceptors (Lipinski definition) is 1. The standard InChI is InChI=1S/C14H27N/c1-13(2)10-8-6-5-7-9-11-15-12-14(3)4/h13-15H,5-7,9,11-12H2,1-4H3. The quantitative estimate of drug-likeness (QED) is 0.500. The van der Waals surface area contributed by atoms with Crippen LogP contribution in [0.1, 0.15) is 53.4 Å². The van der Waals surface area contributed by atoms with E-state index in [1.54, 1.807) is 0 Å².